The lowest BCUT2D eigenvalue weighted by Crippen LogP contribution is -2.34. The third-order valence-electron chi connectivity index (χ3n) is 4.47. The number of imidazole rings is 1. The summed E-state index contributed by atoms with van der Waals surface area (Å²) in [7, 11) is 0. The fourth-order valence-electron chi connectivity index (χ4n) is 3.08. The molecule has 0 aliphatic heterocycles. The van der Waals surface area contributed by atoms with Crippen LogP contribution in [-0.2, 0) is 6.42 Å². The number of carbonyl (C=O) groups excluding carboxylic acids is 1. The van der Waals surface area contributed by atoms with Crippen LogP contribution in [0.5, 0.6) is 0 Å². The van der Waals surface area contributed by atoms with E-state index in [1.807, 2.05) is 31.3 Å². The van der Waals surface area contributed by atoms with E-state index in [1.165, 1.54) is 12.1 Å². The molecule has 0 aliphatic carbocycles. The van der Waals surface area contributed by atoms with E-state index in [4.69, 9.17) is 0 Å². The van der Waals surface area contributed by atoms with Gasteiger partial charge >= 0.3 is 0 Å². The fourth-order valence-corrected chi connectivity index (χ4v) is 3.08. The molecule has 3 heterocycles. The van der Waals surface area contributed by atoms with Gasteiger partial charge < -0.3 is 9.72 Å². The van der Waals surface area contributed by atoms with Gasteiger partial charge in [0.05, 0.1) is 11.3 Å². The van der Waals surface area contributed by atoms with Crippen LogP contribution < -0.4 is 5.32 Å². The highest BCUT2D eigenvalue weighted by atomic mass is 19.1. The largest absolute Gasteiger partial charge is 0.349 e. The summed E-state index contributed by atoms with van der Waals surface area (Å²) in [6.45, 7) is 1.95. The molecule has 28 heavy (non-hydrogen) atoms. The first-order valence-corrected chi connectivity index (χ1v) is 9.04. The topological polar surface area (TPSA) is 59.3 Å². The lowest BCUT2D eigenvalue weighted by molar-refractivity contribution is 0.0939. The Balaban J connectivity index is 1.50. The Morgan fingerprint density at radius 2 is 1.93 bits per heavy atom. The van der Waals surface area contributed by atoms with Crippen LogP contribution in [0, 0.1) is 5.82 Å². The second-order valence-electron chi connectivity index (χ2n) is 6.72. The van der Waals surface area contributed by atoms with E-state index in [9.17, 15) is 9.18 Å². The second-order valence-corrected chi connectivity index (χ2v) is 6.72. The summed E-state index contributed by atoms with van der Waals surface area (Å²) in [5.74, 6) is -0.436. The number of benzene rings is 1. The number of hydrogen-bond acceptors (Lipinski definition) is 3. The Hall–Kier alpha value is -3.54. The van der Waals surface area contributed by atoms with Crippen LogP contribution in [0.3, 0.4) is 0 Å². The van der Waals surface area contributed by atoms with Gasteiger partial charge in [0.15, 0.2) is 0 Å². The van der Waals surface area contributed by atoms with E-state index in [-0.39, 0.29) is 17.8 Å². The quantitative estimate of drug-likeness (QED) is 0.576. The minimum Gasteiger partial charge on any atom is -0.349 e. The number of amides is 1. The third-order valence-corrected chi connectivity index (χ3v) is 4.47. The molecule has 1 N–H and O–H groups in total. The van der Waals surface area contributed by atoms with Gasteiger partial charge in [0.2, 0.25) is 0 Å². The Morgan fingerprint density at radius 3 is 2.68 bits per heavy atom. The van der Waals surface area contributed by atoms with E-state index in [1.54, 1.807) is 41.1 Å². The monoisotopic (exact) mass is 374 g/mol. The van der Waals surface area contributed by atoms with Gasteiger partial charge in [-0.05, 0) is 55.5 Å². The molecule has 0 saturated carbocycles. The van der Waals surface area contributed by atoms with Gasteiger partial charge in [-0.15, -0.1) is 0 Å². The zero-order chi connectivity index (χ0) is 19.5. The number of rotatable bonds is 5. The third kappa shape index (κ3) is 3.91. The summed E-state index contributed by atoms with van der Waals surface area (Å²) in [5, 5.41) is 3.00. The lowest BCUT2D eigenvalue weighted by atomic mass is 10.1. The summed E-state index contributed by atoms with van der Waals surface area (Å²) >= 11 is 0. The Bertz CT molecular complexity index is 1110. The zero-order valence-corrected chi connectivity index (χ0v) is 15.3. The zero-order valence-electron chi connectivity index (χ0n) is 15.3. The van der Waals surface area contributed by atoms with Crippen LogP contribution in [0.4, 0.5) is 4.39 Å². The van der Waals surface area contributed by atoms with Crippen LogP contribution >= 0.6 is 0 Å². The number of pyridine rings is 2. The summed E-state index contributed by atoms with van der Waals surface area (Å²) < 4.78 is 14.9. The average Bonchev–Trinajstić information content (AvgIpc) is 3.12. The molecule has 0 radical (unpaired) electrons. The van der Waals surface area contributed by atoms with Crippen LogP contribution in [0.15, 0.2) is 73.2 Å². The Labute approximate surface area is 161 Å². The van der Waals surface area contributed by atoms with Gasteiger partial charge in [0, 0.05) is 42.3 Å². The van der Waals surface area contributed by atoms with E-state index in [0.717, 1.165) is 22.6 Å². The normalized spacial score (nSPS) is 12.1. The first-order valence-electron chi connectivity index (χ1n) is 9.04. The molecular weight excluding hydrogens is 355 g/mol. The highest BCUT2D eigenvalue weighted by Crippen LogP contribution is 2.20. The molecule has 4 rings (SSSR count). The van der Waals surface area contributed by atoms with Crippen molar-refractivity contribution >= 4 is 11.6 Å². The number of fused-ring (bicyclic) bond motifs is 1. The van der Waals surface area contributed by atoms with Crippen molar-refractivity contribution < 1.29 is 9.18 Å². The molecule has 6 heteroatoms. The molecule has 3 aromatic heterocycles. The highest BCUT2D eigenvalue weighted by molar-refractivity contribution is 5.94. The molecule has 0 unspecified atom stereocenters. The molecule has 140 valence electrons. The number of nitrogens with zero attached hydrogens (tertiary/aromatic N) is 3. The van der Waals surface area contributed by atoms with Crippen molar-refractivity contribution in [3.8, 4) is 11.3 Å². The molecule has 5 nitrogen and oxygen atoms in total. The molecule has 1 aromatic carbocycles. The maximum atomic E-state index is 13.1. The van der Waals surface area contributed by atoms with Gasteiger partial charge in [0.25, 0.3) is 5.91 Å². The van der Waals surface area contributed by atoms with Gasteiger partial charge in [0.1, 0.15) is 11.5 Å². The number of halogens is 1. The first-order chi connectivity index (χ1) is 13.6. The molecule has 0 fully saturated rings. The van der Waals surface area contributed by atoms with Crippen molar-refractivity contribution in [2.45, 2.75) is 19.4 Å². The maximum Gasteiger partial charge on any atom is 0.252 e. The van der Waals surface area contributed by atoms with Crippen molar-refractivity contribution in [1.82, 2.24) is 19.7 Å². The molecule has 0 aliphatic rings. The minimum atomic E-state index is -0.286. The Morgan fingerprint density at radius 1 is 1.11 bits per heavy atom. The standard InChI is InChI=1S/C22H19FN4O/c1-15(12-19-4-2-3-11-24-19)25-22(28)17-7-10-21-26-20(14-27(21)13-17)16-5-8-18(23)9-6-16/h2-11,13-15H,12H2,1H3,(H,25,28)/t15-/m1/s1. The van der Waals surface area contributed by atoms with E-state index >= 15 is 0 Å². The van der Waals surface area contributed by atoms with E-state index in [0.29, 0.717) is 12.0 Å². The summed E-state index contributed by atoms with van der Waals surface area (Å²) in [6, 6.07) is 15.4. The van der Waals surface area contributed by atoms with Gasteiger partial charge in [-0.1, -0.05) is 6.07 Å². The smallest absolute Gasteiger partial charge is 0.252 e. The van der Waals surface area contributed by atoms with Crippen LogP contribution in [0.2, 0.25) is 0 Å². The first kappa shape index (κ1) is 17.9. The molecule has 1 amide bonds. The molecule has 0 bridgehead atoms. The predicted octanol–water partition coefficient (Wildman–Crippen LogP) is 3.90. The number of hydrogen-bond donors (Lipinski definition) is 1. The summed E-state index contributed by atoms with van der Waals surface area (Å²) in [4.78, 5) is 21.4. The molecule has 4 aromatic rings. The highest BCUT2D eigenvalue weighted by Gasteiger charge is 2.13. The van der Waals surface area contributed by atoms with E-state index in [2.05, 4.69) is 15.3 Å². The van der Waals surface area contributed by atoms with Gasteiger partial charge in [-0.25, -0.2) is 9.37 Å². The average molecular weight is 374 g/mol. The minimum absolute atomic E-state index is 0.0457. The van der Waals surface area contributed by atoms with Gasteiger partial charge in [-0.2, -0.15) is 0 Å². The van der Waals surface area contributed by atoms with Crippen LogP contribution in [0.1, 0.15) is 23.0 Å². The second kappa shape index (κ2) is 7.60. The number of nitrogens with one attached hydrogen (secondary N) is 1. The van der Waals surface area contributed by atoms with Crippen molar-refractivity contribution in [1.29, 1.82) is 0 Å². The summed E-state index contributed by atoms with van der Waals surface area (Å²) in [6.07, 6.45) is 5.99. The van der Waals surface area contributed by atoms with Crippen LogP contribution in [0.25, 0.3) is 16.9 Å². The Kier molecular flexibility index (Phi) is 4.85. The fraction of sp³-hybridized carbons (Fsp3) is 0.136. The van der Waals surface area contributed by atoms with Crippen molar-refractivity contribution in [2.24, 2.45) is 0 Å². The molecule has 0 spiro atoms. The van der Waals surface area contributed by atoms with Crippen molar-refractivity contribution in [2.75, 3.05) is 0 Å². The number of carbonyl (C=O) groups is 1. The van der Waals surface area contributed by atoms with Crippen LogP contribution in [-0.4, -0.2) is 26.3 Å². The molecule has 0 saturated heterocycles. The summed E-state index contributed by atoms with van der Waals surface area (Å²) in [5.41, 5.74) is 3.74. The van der Waals surface area contributed by atoms with Crippen molar-refractivity contribution in [3.63, 3.8) is 0 Å². The SMILES string of the molecule is C[C@H](Cc1ccccn1)NC(=O)c1ccc2nc(-c3ccc(F)cc3)cn2c1. The predicted molar refractivity (Wildman–Crippen MR) is 105 cm³/mol. The van der Waals surface area contributed by atoms with E-state index < -0.39 is 0 Å². The number of aromatic nitrogens is 3. The molecular formula is C22H19FN4O. The molecule has 1 atom stereocenters. The van der Waals surface area contributed by atoms with Gasteiger partial charge in [-0.3, -0.25) is 9.78 Å². The lowest BCUT2D eigenvalue weighted by Gasteiger charge is -2.13. The maximum absolute atomic E-state index is 13.1. The van der Waals surface area contributed by atoms with Crippen molar-refractivity contribution in [3.05, 3.63) is 90.3 Å².